The Balaban J connectivity index is 5.35. The first kappa shape index (κ1) is 32.4. The molecule has 13 nitrogen and oxygen atoms in total. The van der Waals surface area contributed by atoms with Gasteiger partial charge in [-0.25, -0.2) is 4.79 Å². The van der Waals surface area contributed by atoms with Gasteiger partial charge in [0.05, 0.1) is 12.1 Å². The first-order valence-electron chi connectivity index (χ1n) is 11.4. The fourth-order valence-electron chi connectivity index (χ4n) is 3.04. The average Bonchev–Trinajstić information content (AvgIpc) is 2.75. The molecule has 0 heterocycles. The predicted octanol–water partition coefficient (Wildman–Crippen LogP) is -1.91. The first-order valence-corrected chi connectivity index (χ1v) is 12.8. The molecule has 0 aromatic heterocycles. The second-order valence-electron chi connectivity index (χ2n) is 8.65. The summed E-state index contributed by atoms with van der Waals surface area (Å²) in [5.41, 5.74) is 16.3. The molecule has 0 spiro atoms. The molecule has 11 N–H and O–H groups in total. The third kappa shape index (κ3) is 13.8. The van der Waals surface area contributed by atoms with Crippen LogP contribution in [0.2, 0.25) is 0 Å². The number of rotatable bonds is 17. The summed E-state index contributed by atoms with van der Waals surface area (Å²) < 4.78 is 0. The van der Waals surface area contributed by atoms with Crippen LogP contribution < -0.4 is 33.2 Å². The van der Waals surface area contributed by atoms with Crippen LogP contribution in [0.25, 0.3) is 0 Å². The topological polar surface area (TPSA) is 235 Å². The zero-order chi connectivity index (χ0) is 27.1. The standard InChI is InChI=1S/C21H41N7O6S/c1-11(2)10-15(18(31)26-14(20(33)34)6-5-8-25-21(23)24)27-19(32)16(12(3)29)28-17(30)13(22)7-9-35-4/h11-16,29H,5-10,22H2,1-4H3,(H,26,31)(H,27,32)(H,28,30)(H,33,34)(H4,23,24,25). The summed E-state index contributed by atoms with van der Waals surface area (Å²) in [7, 11) is 0. The number of thioether (sulfide) groups is 1. The molecule has 0 aliphatic rings. The van der Waals surface area contributed by atoms with Crippen LogP contribution >= 0.6 is 11.8 Å². The van der Waals surface area contributed by atoms with Crippen LogP contribution in [0.1, 0.15) is 46.5 Å². The van der Waals surface area contributed by atoms with Crippen molar-refractivity contribution in [1.82, 2.24) is 16.0 Å². The molecule has 0 aromatic rings. The molecule has 0 fully saturated rings. The van der Waals surface area contributed by atoms with Gasteiger partial charge in [0.25, 0.3) is 0 Å². The average molecular weight is 520 g/mol. The van der Waals surface area contributed by atoms with Gasteiger partial charge >= 0.3 is 5.97 Å². The summed E-state index contributed by atoms with van der Waals surface area (Å²) in [6.07, 6.45) is 1.57. The van der Waals surface area contributed by atoms with Crippen LogP contribution in [0, 0.1) is 5.92 Å². The number of aliphatic hydroxyl groups excluding tert-OH is 1. The number of hydrogen-bond donors (Lipinski definition) is 8. The molecule has 3 amide bonds. The minimum absolute atomic E-state index is 0.0317. The molecule has 0 aromatic carbocycles. The van der Waals surface area contributed by atoms with Gasteiger partial charge in [0.1, 0.15) is 18.1 Å². The molecule has 0 radical (unpaired) electrons. The number of aliphatic imine (C=N–C) groups is 1. The highest BCUT2D eigenvalue weighted by molar-refractivity contribution is 7.98. The summed E-state index contributed by atoms with van der Waals surface area (Å²) in [5, 5.41) is 26.9. The number of guanidine groups is 1. The van der Waals surface area contributed by atoms with Crippen LogP contribution in [0.3, 0.4) is 0 Å². The second-order valence-corrected chi connectivity index (χ2v) is 9.64. The third-order valence-electron chi connectivity index (χ3n) is 4.93. The predicted molar refractivity (Wildman–Crippen MR) is 135 cm³/mol. The number of hydrogen-bond acceptors (Lipinski definition) is 8. The Morgan fingerprint density at radius 1 is 0.943 bits per heavy atom. The van der Waals surface area contributed by atoms with Crippen LogP contribution in [-0.4, -0.2) is 88.7 Å². The molecule has 35 heavy (non-hydrogen) atoms. The smallest absolute Gasteiger partial charge is 0.326 e. The van der Waals surface area contributed by atoms with Crippen molar-refractivity contribution >= 4 is 41.4 Å². The lowest BCUT2D eigenvalue weighted by Gasteiger charge is -2.27. The number of nitrogens with two attached hydrogens (primary N) is 3. The lowest BCUT2D eigenvalue weighted by Crippen LogP contribution is -2.60. The zero-order valence-electron chi connectivity index (χ0n) is 20.8. The minimum atomic E-state index is -1.35. The summed E-state index contributed by atoms with van der Waals surface area (Å²) >= 11 is 1.52. The fourth-order valence-corrected chi connectivity index (χ4v) is 3.53. The van der Waals surface area contributed by atoms with E-state index in [2.05, 4.69) is 20.9 Å². The summed E-state index contributed by atoms with van der Waals surface area (Å²) in [6.45, 7) is 5.18. The van der Waals surface area contributed by atoms with Gasteiger partial charge in [0, 0.05) is 6.54 Å². The second kappa shape index (κ2) is 16.9. The van der Waals surface area contributed by atoms with Gasteiger partial charge in [-0.3, -0.25) is 19.4 Å². The van der Waals surface area contributed by atoms with E-state index < -0.39 is 54.0 Å². The molecule has 14 heteroatoms. The Bertz CT molecular complexity index is 731. The monoisotopic (exact) mass is 519 g/mol. The van der Waals surface area contributed by atoms with Crippen molar-refractivity contribution in [2.24, 2.45) is 28.1 Å². The maximum atomic E-state index is 12.9. The molecule has 0 saturated heterocycles. The third-order valence-corrected chi connectivity index (χ3v) is 5.58. The zero-order valence-corrected chi connectivity index (χ0v) is 21.6. The number of carboxylic acids is 1. The van der Waals surface area contributed by atoms with Gasteiger partial charge in [-0.2, -0.15) is 11.8 Å². The number of aliphatic hydroxyl groups is 1. The summed E-state index contributed by atoms with van der Waals surface area (Å²) in [5.74, 6) is -2.84. The number of aliphatic carboxylic acids is 1. The lowest BCUT2D eigenvalue weighted by atomic mass is 10.0. The number of carboxylic acid groups (broad SMARTS) is 1. The first-order chi connectivity index (χ1) is 16.3. The SMILES string of the molecule is CSCCC(N)C(=O)NC(C(=O)NC(CC(C)C)C(=O)NC(CCCN=C(N)N)C(=O)O)C(C)O. The molecule has 0 bridgehead atoms. The van der Waals surface area contributed by atoms with Gasteiger partial charge in [-0.05, 0) is 50.5 Å². The summed E-state index contributed by atoms with van der Waals surface area (Å²) in [6, 6.07) is -4.52. The van der Waals surface area contributed by atoms with Crippen molar-refractivity contribution in [2.45, 2.75) is 76.7 Å². The molecule has 0 aliphatic heterocycles. The highest BCUT2D eigenvalue weighted by Gasteiger charge is 2.32. The number of nitrogens with zero attached hydrogens (tertiary/aromatic N) is 1. The van der Waals surface area contributed by atoms with Gasteiger partial charge in [0.15, 0.2) is 5.96 Å². The summed E-state index contributed by atoms with van der Waals surface area (Å²) in [4.78, 5) is 53.5. The van der Waals surface area contributed by atoms with Crippen molar-refractivity contribution in [2.75, 3.05) is 18.6 Å². The molecule has 0 rings (SSSR count). The lowest BCUT2D eigenvalue weighted by molar-refractivity contribution is -0.142. The molecular weight excluding hydrogens is 478 g/mol. The van der Waals surface area contributed by atoms with E-state index in [4.69, 9.17) is 17.2 Å². The van der Waals surface area contributed by atoms with Gasteiger partial charge < -0.3 is 43.4 Å². The molecule has 5 unspecified atom stereocenters. The van der Waals surface area contributed by atoms with Crippen molar-refractivity contribution in [1.29, 1.82) is 0 Å². The normalized spacial score (nSPS) is 15.3. The van der Waals surface area contributed by atoms with Crippen molar-refractivity contribution in [3.05, 3.63) is 0 Å². The Labute approximate surface area is 210 Å². The van der Waals surface area contributed by atoms with Crippen molar-refractivity contribution in [3.8, 4) is 0 Å². The van der Waals surface area contributed by atoms with E-state index in [0.717, 1.165) is 0 Å². The van der Waals surface area contributed by atoms with Crippen molar-refractivity contribution in [3.63, 3.8) is 0 Å². The van der Waals surface area contributed by atoms with Crippen molar-refractivity contribution < 1.29 is 29.4 Å². The number of amides is 3. The molecule has 202 valence electrons. The van der Waals surface area contributed by atoms with E-state index in [1.54, 1.807) is 0 Å². The molecule has 0 aliphatic carbocycles. The Morgan fingerprint density at radius 2 is 1.54 bits per heavy atom. The fraction of sp³-hybridized carbons (Fsp3) is 0.762. The van der Waals surface area contributed by atoms with E-state index in [0.29, 0.717) is 18.6 Å². The highest BCUT2D eigenvalue weighted by atomic mass is 32.2. The maximum absolute atomic E-state index is 12.9. The molecule has 0 saturated carbocycles. The van der Waals surface area contributed by atoms with Gasteiger partial charge in [0.2, 0.25) is 17.7 Å². The largest absolute Gasteiger partial charge is 0.480 e. The van der Waals surface area contributed by atoms with Crippen LogP contribution in [-0.2, 0) is 19.2 Å². The quantitative estimate of drug-likeness (QED) is 0.0602. The maximum Gasteiger partial charge on any atom is 0.326 e. The van der Waals surface area contributed by atoms with E-state index in [-0.39, 0.29) is 31.3 Å². The van der Waals surface area contributed by atoms with Gasteiger partial charge in [-0.1, -0.05) is 13.8 Å². The number of carbonyl (C=O) groups excluding carboxylic acids is 3. The highest BCUT2D eigenvalue weighted by Crippen LogP contribution is 2.08. The Morgan fingerprint density at radius 3 is 2.03 bits per heavy atom. The molecule has 5 atom stereocenters. The van der Waals surface area contributed by atoms with Crippen LogP contribution in [0.5, 0.6) is 0 Å². The van der Waals surface area contributed by atoms with E-state index >= 15 is 0 Å². The van der Waals surface area contributed by atoms with E-state index in [1.165, 1.54) is 18.7 Å². The molecular formula is C21H41N7O6S. The van der Waals surface area contributed by atoms with E-state index in [1.807, 2.05) is 20.1 Å². The Kier molecular flexibility index (Phi) is 15.7. The van der Waals surface area contributed by atoms with Crippen LogP contribution in [0.15, 0.2) is 4.99 Å². The number of carbonyl (C=O) groups is 4. The van der Waals surface area contributed by atoms with E-state index in [9.17, 15) is 29.4 Å². The minimum Gasteiger partial charge on any atom is -0.480 e. The van der Waals surface area contributed by atoms with Gasteiger partial charge in [-0.15, -0.1) is 0 Å². The number of nitrogens with one attached hydrogen (secondary N) is 3. The van der Waals surface area contributed by atoms with Crippen LogP contribution in [0.4, 0.5) is 0 Å². The Hall–Kier alpha value is -2.58.